The molecule has 35 heavy (non-hydrogen) atoms. The second-order valence-corrected chi connectivity index (χ2v) is 11.3. The Morgan fingerprint density at radius 2 is 1.77 bits per heavy atom. The molecule has 2 bridgehead atoms. The van der Waals surface area contributed by atoms with E-state index in [-0.39, 0.29) is 28.9 Å². The van der Waals surface area contributed by atoms with Crippen LogP contribution in [0, 0.1) is 47.3 Å². The monoisotopic (exact) mass is 478 g/mol. The highest BCUT2D eigenvalue weighted by atomic mass is 16.3. The second kappa shape index (κ2) is 9.79. The number of nitrogens with one attached hydrogen (secondary N) is 2. The highest BCUT2D eigenvalue weighted by Gasteiger charge is 2.52. The van der Waals surface area contributed by atoms with Crippen LogP contribution in [0.2, 0.25) is 0 Å². The van der Waals surface area contributed by atoms with Crippen molar-refractivity contribution in [1.82, 2.24) is 10.6 Å². The number of amides is 2. The molecule has 188 valence electrons. The first kappa shape index (κ1) is 24.1. The van der Waals surface area contributed by atoms with E-state index < -0.39 is 11.9 Å². The zero-order chi connectivity index (χ0) is 24.7. The first-order valence-electron chi connectivity index (χ1n) is 13.5. The van der Waals surface area contributed by atoms with E-state index in [1.165, 1.54) is 12.8 Å². The number of carbonyl (C=O) groups excluding carboxylic acids is 3. The number of allylic oxidation sites excluding steroid dienone is 5. The molecule has 0 unspecified atom stereocenters. The number of aliphatic hydroxyl groups is 1. The van der Waals surface area contributed by atoms with Crippen molar-refractivity contribution < 1.29 is 19.5 Å². The van der Waals surface area contributed by atoms with Gasteiger partial charge in [-0.15, -0.1) is 0 Å². The zero-order valence-electron chi connectivity index (χ0n) is 20.8. The molecule has 9 atom stereocenters. The molecule has 0 aromatic carbocycles. The van der Waals surface area contributed by atoms with E-state index >= 15 is 0 Å². The number of fused-ring (bicyclic) bond motifs is 7. The highest BCUT2D eigenvalue weighted by Crippen LogP contribution is 2.59. The predicted octanol–water partition coefficient (Wildman–Crippen LogP) is 4.02. The number of Topliss-reactive ketones (excluding diaryl/α,β-unsaturated/α-hetero) is 1. The number of ketones is 1. The normalized spacial score (nSPS) is 43.3. The zero-order valence-corrected chi connectivity index (χ0v) is 20.8. The molecule has 5 rings (SSSR count). The Labute approximate surface area is 208 Å². The fourth-order valence-corrected chi connectivity index (χ4v) is 7.92. The minimum Gasteiger partial charge on any atom is -0.507 e. The molecule has 3 fully saturated rings. The smallest absolute Gasteiger partial charge is 0.259 e. The Hall–Kier alpha value is -2.63. The summed E-state index contributed by atoms with van der Waals surface area (Å²) in [6.07, 6.45) is 17.4. The maximum atomic E-state index is 12.8. The molecular weight excluding hydrogens is 440 g/mol. The van der Waals surface area contributed by atoms with Gasteiger partial charge < -0.3 is 15.7 Å². The van der Waals surface area contributed by atoms with E-state index in [0.717, 1.165) is 24.7 Å². The lowest BCUT2D eigenvalue weighted by molar-refractivity contribution is -0.118. The van der Waals surface area contributed by atoms with Gasteiger partial charge in [0.25, 0.3) is 5.91 Å². The number of aliphatic hydroxyl groups excluding tert-OH is 1. The Morgan fingerprint density at radius 3 is 2.57 bits per heavy atom. The van der Waals surface area contributed by atoms with Gasteiger partial charge in [-0.1, -0.05) is 44.6 Å². The molecule has 2 heterocycles. The first-order valence-corrected chi connectivity index (χ1v) is 13.5. The summed E-state index contributed by atoms with van der Waals surface area (Å²) in [6.45, 7) is 5.14. The third-order valence-corrected chi connectivity index (χ3v) is 9.52. The standard InChI is InChI=1S/C29H38N2O4/c1-3-18-16(2)14-22-20(18)10-11-21-19-6-4-8-26(33)30-13-5-7-24-28(34)27(29(35)31-24)25(32)12-9-17(19)15-23(21)22/h4,8-12,16-24,32H,3,5-7,13-15H2,1-2H3,(H,30,33)(H,31,35)/b8-4+,12-9+,27-25?/t16-,17+,18+,19-,20+,21+,22-,23+,24-/m0/s1. The molecule has 6 nitrogen and oxygen atoms in total. The minimum atomic E-state index is -0.645. The van der Waals surface area contributed by atoms with Gasteiger partial charge in [-0.05, 0) is 91.6 Å². The summed E-state index contributed by atoms with van der Waals surface area (Å²) in [5.41, 5.74) is -0.135. The van der Waals surface area contributed by atoms with Crippen molar-refractivity contribution in [2.75, 3.05) is 6.54 Å². The second-order valence-electron chi connectivity index (χ2n) is 11.3. The Bertz CT molecular complexity index is 1010. The molecule has 5 aliphatic rings. The van der Waals surface area contributed by atoms with Crippen molar-refractivity contribution >= 4 is 17.6 Å². The molecule has 0 spiro atoms. The van der Waals surface area contributed by atoms with Crippen molar-refractivity contribution in [1.29, 1.82) is 0 Å². The molecule has 3 N–H and O–H groups in total. The van der Waals surface area contributed by atoms with E-state index in [1.807, 2.05) is 12.2 Å². The Morgan fingerprint density at radius 1 is 1.00 bits per heavy atom. The highest BCUT2D eigenvalue weighted by molar-refractivity contribution is 6.27. The molecule has 6 heteroatoms. The first-order chi connectivity index (χ1) is 16.9. The number of carbonyl (C=O) groups is 3. The van der Waals surface area contributed by atoms with Gasteiger partial charge in [0.05, 0.1) is 6.04 Å². The van der Waals surface area contributed by atoms with Gasteiger partial charge in [-0.2, -0.15) is 0 Å². The van der Waals surface area contributed by atoms with Gasteiger partial charge in [0.15, 0.2) is 5.78 Å². The third-order valence-electron chi connectivity index (χ3n) is 9.52. The summed E-state index contributed by atoms with van der Waals surface area (Å²) in [6, 6.07) is -0.645. The van der Waals surface area contributed by atoms with Crippen LogP contribution in [0.4, 0.5) is 0 Å². The fraction of sp³-hybridized carbons (Fsp3) is 0.621. The number of hydrogen-bond acceptors (Lipinski definition) is 4. The van der Waals surface area contributed by atoms with Crippen molar-refractivity contribution in [3.63, 3.8) is 0 Å². The molecule has 0 radical (unpaired) electrons. The van der Waals surface area contributed by atoms with E-state index in [0.29, 0.717) is 49.0 Å². The van der Waals surface area contributed by atoms with Gasteiger partial charge in [0.2, 0.25) is 5.91 Å². The molecule has 1 saturated heterocycles. The van der Waals surface area contributed by atoms with Crippen molar-refractivity contribution in [2.45, 2.75) is 58.4 Å². The lowest BCUT2D eigenvalue weighted by atomic mass is 9.69. The van der Waals surface area contributed by atoms with Crippen LogP contribution in [0.3, 0.4) is 0 Å². The summed E-state index contributed by atoms with van der Waals surface area (Å²) < 4.78 is 0. The molecule has 2 saturated carbocycles. The maximum Gasteiger partial charge on any atom is 0.259 e. The van der Waals surface area contributed by atoms with E-state index in [2.05, 4.69) is 36.6 Å². The fourth-order valence-electron chi connectivity index (χ4n) is 7.92. The topological polar surface area (TPSA) is 95.5 Å². The van der Waals surface area contributed by atoms with Gasteiger partial charge >= 0.3 is 0 Å². The van der Waals surface area contributed by atoms with Crippen LogP contribution in [0.5, 0.6) is 0 Å². The van der Waals surface area contributed by atoms with Crippen LogP contribution in [0.25, 0.3) is 0 Å². The Kier molecular flexibility index (Phi) is 6.73. The predicted molar refractivity (Wildman–Crippen MR) is 134 cm³/mol. The summed E-state index contributed by atoms with van der Waals surface area (Å²) >= 11 is 0. The van der Waals surface area contributed by atoms with Crippen LogP contribution in [0.1, 0.15) is 52.4 Å². The number of rotatable bonds is 1. The molecule has 2 aliphatic heterocycles. The van der Waals surface area contributed by atoms with Gasteiger partial charge in [-0.25, -0.2) is 0 Å². The van der Waals surface area contributed by atoms with Crippen LogP contribution in [0.15, 0.2) is 47.8 Å². The lowest BCUT2D eigenvalue weighted by Gasteiger charge is -2.35. The van der Waals surface area contributed by atoms with Crippen LogP contribution < -0.4 is 10.6 Å². The SMILES string of the molecule is CC[C@H]1[C@H]2C=C[C@H]3[C@@H](C[C@H]4/C=C/C(O)=C5C(=O)N[C@@H](CCCNC(=O)/C=C/C[C@H]34)C5=O)[C@H]2C[C@@H]1C. The van der Waals surface area contributed by atoms with Crippen molar-refractivity contribution in [2.24, 2.45) is 47.3 Å². The number of hydrogen-bond donors (Lipinski definition) is 3. The van der Waals surface area contributed by atoms with E-state index in [1.54, 1.807) is 12.2 Å². The van der Waals surface area contributed by atoms with Crippen LogP contribution in [-0.2, 0) is 14.4 Å². The molecule has 0 aromatic heterocycles. The third kappa shape index (κ3) is 4.41. The van der Waals surface area contributed by atoms with E-state index in [4.69, 9.17) is 0 Å². The summed E-state index contributed by atoms with van der Waals surface area (Å²) in [4.78, 5) is 37.6. The van der Waals surface area contributed by atoms with Crippen LogP contribution >= 0.6 is 0 Å². The van der Waals surface area contributed by atoms with Crippen LogP contribution in [-0.4, -0.2) is 35.3 Å². The minimum absolute atomic E-state index is 0.117. The lowest BCUT2D eigenvalue weighted by Crippen LogP contribution is -2.31. The quantitative estimate of drug-likeness (QED) is 0.392. The van der Waals surface area contributed by atoms with Gasteiger partial charge in [-0.3, -0.25) is 14.4 Å². The van der Waals surface area contributed by atoms with E-state index in [9.17, 15) is 19.5 Å². The average molecular weight is 479 g/mol. The largest absolute Gasteiger partial charge is 0.507 e. The molecule has 2 amide bonds. The molecule has 3 aliphatic carbocycles. The maximum absolute atomic E-state index is 12.8. The summed E-state index contributed by atoms with van der Waals surface area (Å²) in [5.74, 6) is 3.16. The van der Waals surface area contributed by atoms with Crippen molar-refractivity contribution in [3.05, 3.63) is 47.8 Å². The Balaban J connectivity index is 1.46. The molecule has 0 aromatic rings. The summed E-state index contributed by atoms with van der Waals surface area (Å²) in [7, 11) is 0. The van der Waals surface area contributed by atoms with Gasteiger partial charge in [0.1, 0.15) is 11.3 Å². The average Bonchev–Trinajstić information content (AvgIpc) is 3.44. The van der Waals surface area contributed by atoms with Gasteiger partial charge in [0, 0.05) is 6.54 Å². The summed E-state index contributed by atoms with van der Waals surface area (Å²) in [5, 5.41) is 16.3. The molecular formula is C29H38N2O4. The van der Waals surface area contributed by atoms with Crippen molar-refractivity contribution in [3.8, 4) is 0 Å².